The molecule has 2 rings (SSSR count). The summed E-state index contributed by atoms with van der Waals surface area (Å²) in [6, 6.07) is 4.24. The summed E-state index contributed by atoms with van der Waals surface area (Å²) < 4.78 is 32.1. The Balaban J connectivity index is 2.40. The zero-order chi connectivity index (χ0) is 16.7. The lowest BCUT2D eigenvalue weighted by Crippen LogP contribution is -2.40. The largest absolute Gasteiger partial charge is 0.487 e. The van der Waals surface area contributed by atoms with Crippen molar-refractivity contribution in [2.75, 3.05) is 6.54 Å². The molecule has 1 N–H and O–H groups in total. The highest BCUT2D eigenvalue weighted by molar-refractivity contribution is 7.89. The van der Waals surface area contributed by atoms with Crippen molar-refractivity contribution in [3.8, 4) is 5.75 Å². The molecule has 0 atom stereocenters. The second kappa shape index (κ2) is 5.55. The van der Waals surface area contributed by atoms with Gasteiger partial charge in [-0.3, -0.25) is 4.79 Å². The topological polar surface area (TPSA) is 83.9 Å². The van der Waals surface area contributed by atoms with Gasteiger partial charge in [0.2, 0.25) is 10.0 Å². The van der Waals surface area contributed by atoms with Crippen LogP contribution in [0.1, 0.15) is 33.3 Å². The number of ether oxygens (including phenoxy) is 1. The van der Waals surface area contributed by atoms with E-state index in [9.17, 15) is 13.2 Å². The van der Waals surface area contributed by atoms with Gasteiger partial charge in [0.25, 0.3) is 0 Å². The van der Waals surface area contributed by atoms with Crippen molar-refractivity contribution in [3.05, 3.63) is 23.8 Å². The minimum Gasteiger partial charge on any atom is -0.487 e. The lowest BCUT2D eigenvalue weighted by atomic mass is 10.0. The third kappa shape index (κ3) is 3.25. The standard InChI is InChI=1S/C15H21NO5S/c1-10(2)16(9-14(17)18)22(19,20)12-5-6-13-11(7-12)8-15(3,4)21-13/h5-7,10H,8-9H2,1-4H3,(H,17,18). The molecule has 0 spiro atoms. The summed E-state index contributed by atoms with van der Waals surface area (Å²) in [5, 5.41) is 8.94. The summed E-state index contributed by atoms with van der Waals surface area (Å²) in [7, 11) is -3.86. The van der Waals surface area contributed by atoms with Crippen LogP contribution in [0.15, 0.2) is 23.1 Å². The third-order valence-corrected chi connectivity index (χ3v) is 5.53. The van der Waals surface area contributed by atoms with Gasteiger partial charge in [-0.1, -0.05) is 0 Å². The molecule has 122 valence electrons. The van der Waals surface area contributed by atoms with Crippen LogP contribution in [0.25, 0.3) is 0 Å². The highest BCUT2D eigenvalue weighted by Crippen LogP contribution is 2.36. The summed E-state index contributed by atoms with van der Waals surface area (Å²) in [4.78, 5) is 11.0. The van der Waals surface area contributed by atoms with Gasteiger partial charge in [-0.15, -0.1) is 0 Å². The van der Waals surface area contributed by atoms with E-state index in [4.69, 9.17) is 9.84 Å². The number of carboxylic acids is 1. The van der Waals surface area contributed by atoms with Crippen molar-refractivity contribution in [1.82, 2.24) is 4.31 Å². The first-order valence-corrected chi connectivity index (χ1v) is 8.52. The number of carbonyl (C=O) groups is 1. The second-order valence-electron chi connectivity index (χ2n) is 6.35. The maximum absolute atomic E-state index is 12.7. The van der Waals surface area contributed by atoms with Crippen LogP contribution in [0.4, 0.5) is 0 Å². The van der Waals surface area contributed by atoms with Crippen LogP contribution in [0, 0.1) is 0 Å². The van der Waals surface area contributed by atoms with E-state index in [1.807, 2.05) is 13.8 Å². The van der Waals surface area contributed by atoms with Gasteiger partial charge in [-0.25, -0.2) is 8.42 Å². The van der Waals surface area contributed by atoms with E-state index in [0.717, 1.165) is 9.87 Å². The predicted octanol–water partition coefficient (Wildman–Crippen LogP) is 1.88. The van der Waals surface area contributed by atoms with Crippen LogP contribution >= 0.6 is 0 Å². The molecule has 0 bridgehead atoms. The van der Waals surface area contributed by atoms with E-state index < -0.39 is 28.6 Å². The van der Waals surface area contributed by atoms with Gasteiger partial charge < -0.3 is 9.84 Å². The Hall–Kier alpha value is -1.60. The first-order chi connectivity index (χ1) is 10.0. The fraction of sp³-hybridized carbons (Fsp3) is 0.533. The van der Waals surface area contributed by atoms with E-state index in [1.54, 1.807) is 26.0 Å². The maximum atomic E-state index is 12.7. The minimum absolute atomic E-state index is 0.0995. The monoisotopic (exact) mass is 327 g/mol. The Labute approximate surface area is 130 Å². The van der Waals surface area contributed by atoms with Crippen molar-refractivity contribution in [2.45, 2.75) is 50.7 Å². The number of hydrogen-bond donors (Lipinski definition) is 1. The van der Waals surface area contributed by atoms with E-state index >= 15 is 0 Å². The van der Waals surface area contributed by atoms with Crippen LogP contribution in [-0.2, 0) is 21.2 Å². The van der Waals surface area contributed by atoms with E-state index in [1.165, 1.54) is 6.07 Å². The van der Waals surface area contributed by atoms with Crippen molar-refractivity contribution in [1.29, 1.82) is 0 Å². The molecule has 6 nitrogen and oxygen atoms in total. The van der Waals surface area contributed by atoms with Crippen LogP contribution in [0.2, 0.25) is 0 Å². The molecule has 0 fully saturated rings. The molecule has 0 saturated carbocycles. The molecule has 1 aromatic rings. The highest BCUT2D eigenvalue weighted by atomic mass is 32.2. The van der Waals surface area contributed by atoms with Gasteiger partial charge >= 0.3 is 5.97 Å². The fourth-order valence-corrected chi connectivity index (χ4v) is 4.20. The zero-order valence-electron chi connectivity index (χ0n) is 13.2. The minimum atomic E-state index is -3.86. The smallest absolute Gasteiger partial charge is 0.318 e. The number of hydrogen-bond acceptors (Lipinski definition) is 4. The summed E-state index contributed by atoms with van der Waals surface area (Å²) in [6.45, 7) is 6.62. The van der Waals surface area contributed by atoms with Crippen LogP contribution in [-0.4, -0.2) is 42.0 Å². The Morgan fingerprint density at radius 2 is 2.05 bits per heavy atom. The maximum Gasteiger partial charge on any atom is 0.318 e. The van der Waals surface area contributed by atoms with Crippen LogP contribution < -0.4 is 4.74 Å². The van der Waals surface area contributed by atoms with Gasteiger partial charge in [0.15, 0.2) is 0 Å². The van der Waals surface area contributed by atoms with Gasteiger partial charge in [-0.05, 0) is 51.5 Å². The first kappa shape index (κ1) is 16.8. The Morgan fingerprint density at radius 3 is 2.59 bits per heavy atom. The number of rotatable bonds is 5. The predicted molar refractivity (Wildman–Crippen MR) is 81.5 cm³/mol. The SMILES string of the molecule is CC(C)N(CC(=O)O)S(=O)(=O)c1ccc2c(c1)CC(C)(C)O2. The molecule has 0 aliphatic carbocycles. The summed E-state index contributed by atoms with van der Waals surface area (Å²) in [5.41, 5.74) is 0.467. The van der Waals surface area contributed by atoms with E-state index in [0.29, 0.717) is 12.2 Å². The molecule has 0 aromatic heterocycles. The van der Waals surface area contributed by atoms with Gasteiger partial charge in [0, 0.05) is 12.5 Å². The van der Waals surface area contributed by atoms with Crippen LogP contribution in [0.5, 0.6) is 5.75 Å². The quantitative estimate of drug-likeness (QED) is 0.893. The zero-order valence-corrected chi connectivity index (χ0v) is 14.0. The highest BCUT2D eigenvalue weighted by Gasteiger charge is 2.33. The molecule has 1 heterocycles. The van der Waals surface area contributed by atoms with Crippen molar-refractivity contribution >= 4 is 16.0 Å². The second-order valence-corrected chi connectivity index (χ2v) is 8.24. The summed E-state index contributed by atoms with van der Waals surface area (Å²) in [6.07, 6.45) is 0.617. The molecule has 0 unspecified atom stereocenters. The van der Waals surface area contributed by atoms with Crippen molar-refractivity contribution in [2.24, 2.45) is 0 Å². The van der Waals surface area contributed by atoms with Crippen molar-refractivity contribution < 1.29 is 23.1 Å². The average Bonchev–Trinajstić information content (AvgIpc) is 2.67. The van der Waals surface area contributed by atoms with E-state index in [2.05, 4.69) is 0 Å². The molecule has 22 heavy (non-hydrogen) atoms. The van der Waals surface area contributed by atoms with Crippen LogP contribution in [0.3, 0.4) is 0 Å². The fourth-order valence-electron chi connectivity index (χ4n) is 2.56. The molecule has 1 aromatic carbocycles. The Kier molecular flexibility index (Phi) is 4.23. The molecule has 7 heteroatoms. The Morgan fingerprint density at radius 1 is 1.41 bits per heavy atom. The van der Waals surface area contributed by atoms with Crippen molar-refractivity contribution in [3.63, 3.8) is 0 Å². The molecule has 1 aliphatic heterocycles. The lowest BCUT2D eigenvalue weighted by molar-refractivity contribution is -0.137. The number of aliphatic carboxylic acids is 1. The number of carboxylic acid groups (broad SMARTS) is 1. The Bertz CT molecular complexity index is 694. The first-order valence-electron chi connectivity index (χ1n) is 7.08. The summed E-state index contributed by atoms with van der Waals surface area (Å²) >= 11 is 0. The number of nitrogens with zero attached hydrogens (tertiary/aromatic N) is 1. The molecular weight excluding hydrogens is 306 g/mol. The molecule has 0 amide bonds. The van der Waals surface area contributed by atoms with Gasteiger partial charge in [0.1, 0.15) is 17.9 Å². The number of benzene rings is 1. The number of fused-ring (bicyclic) bond motifs is 1. The molecule has 0 saturated heterocycles. The van der Waals surface area contributed by atoms with E-state index in [-0.39, 0.29) is 10.5 Å². The lowest BCUT2D eigenvalue weighted by Gasteiger charge is -2.24. The normalized spacial score (nSPS) is 16.6. The molecule has 0 radical (unpaired) electrons. The number of sulfonamides is 1. The molecular formula is C15H21NO5S. The third-order valence-electron chi connectivity index (χ3n) is 3.51. The molecule has 1 aliphatic rings. The van der Waals surface area contributed by atoms with Gasteiger partial charge in [-0.2, -0.15) is 4.31 Å². The average molecular weight is 327 g/mol. The van der Waals surface area contributed by atoms with Gasteiger partial charge in [0.05, 0.1) is 4.90 Å². The summed E-state index contributed by atoms with van der Waals surface area (Å²) in [5.74, 6) is -0.499.